The number of aliphatic hydroxyl groups is 2. The minimum Gasteiger partial charge on any atom is -0.457 e. The summed E-state index contributed by atoms with van der Waals surface area (Å²) < 4.78 is 5.75. The first kappa shape index (κ1) is 27.4. The van der Waals surface area contributed by atoms with Gasteiger partial charge in [0.05, 0.1) is 34.7 Å². The number of thiazole rings is 1. The number of rotatable bonds is 2. The van der Waals surface area contributed by atoms with E-state index in [0.717, 1.165) is 35.5 Å². The molecule has 33 heavy (non-hydrogen) atoms. The molecule has 0 amide bonds. The molecule has 1 aliphatic heterocycles. The summed E-state index contributed by atoms with van der Waals surface area (Å²) in [6, 6.07) is 0. The average Bonchev–Trinajstić information content (AvgIpc) is 3.16. The number of nitrogens with zero attached hydrogens (tertiary/aromatic N) is 1. The summed E-state index contributed by atoms with van der Waals surface area (Å²) in [5, 5.41) is 24.4. The summed E-state index contributed by atoms with van der Waals surface area (Å²) in [7, 11) is 0. The van der Waals surface area contributed by atoms with Crippen molar-refractivity contribution in [1.82, 2.24) is 4.98 Å². The molecule has 0 saturated carbocycles. The van der Waals surface area contributed by atoms with Crippen molar-refractivity contribution in [3.8, 4) is 0 Å². The normalized spacial score (nSPS) is 31.8. The molecule has 0 aliphatic carbocycles. The van der Waals surface area contributed by atoms with Crippen molar-refractivity contribution in [3.63, 3.8) is 0 Å². The van der Waals surface area contributed by atoms with E-state index >= 15 is 0 Å². The average molecular weight is 478 g/mol. The Bertz CT molecular complexity index is 872. The molecule has 2 heterocycles. The Hall–Kier alpha value is -1.83. The van der Waals surface area contributed by atoms with Crippen LogP contribution in [0.2, 0.25) is 0 Å². The van der Waals surface area contributed by atoms with E-state index in [2.05, 4.69) is 11.1 Å². The second-order valence-corrected chi connectivity index (χ2v) is 10.9. The molecule has 0 saturated heterocycles. The van der Waals surface area contributed by atoms with Gasteiger partial charge in [0.1, 0.15) is 11.9 Å². The van der Waals surface area contributed by atoms with Gasteiger partial charge in [0.25, 0.3) is 0 Å². The van der Waals surface area contributed by atoms with Gasteiger partial charge < -0.3 is 14.9 Å². The maximum Gasteiger partial charge on any atom is 0.309 e. The highest BCUT2D eigenvalue weighted by Gasteiger charge is 2.42. The van der Waals surface area contributed by atoms with Gasteiger partial charge >= 0.3 is 5.97 Å². The van der Waals surface area contributed by atoms with Crippen LogP contribution in [0.3, 0.4) is 0 Å². The molecule has 1 aliphatic rings. The van der Waals surface area contributed by atoms with Gasteiger partial charge in [-0.3, -0.25) is 9.59 Å². The topological polar surface area (TPSA) is 96.7 Å². The Balaban J connectivity index is 2.27. The molecule has 0 unspecified atom stereocenters. The first-order chi connectivity index (χ1) is 15.4. The van der Waals surface area contributed by atoms with Crippen molar-refractivity contribution in [2.24, 2.45) is 17.3 Å². The van der Waals surface area contributed by atoms with Crippen LogP contribution < -0.4 is 0 Å². The van der Waals surface area contributed by atoms with Crippen LogP contribution in [0.15, 0.2) is 23.1 Å². The molecule has 0 aromatic carbocycles. The van der Waals surface area contributed by atoms with Crippen LogP contribution in [-0.2, 0) is 14.3 Å². The number of aryl methyl sites for hydroxylation is 1. The van der Waals surface area contributed by atoms with E-state index in [4.69, 9.17) is 4.74 Å². The molecule has 6 nitrogen and oxygen atoms in total. The molecule has 5 atom stereocenters. The number of esters is 1. The van der Waals surface area contributed by atoms with Crippen LogP contribution >= 0.6 is 11.3 Å². The first-order valence-electron chi connectivity index (χ1n) is 11.8. The number of ketones is 1. The number of Topliss-reactive ketones (excluding diaryl/α,β-unsaturated/α-hetero) is 1. The molecule has 0 bridgehead atoms. The third-order valence-electron chi connectivity index (χ3n) is 6.68. The molecular formula is C26H39NO5S. The molecule has 2 rings (SSSR count). The monoisotopic (exact) mass is 477 g/mol. The lowest BCUT2D eigenvalue weighted by molar-refractivity contribution is -0.154. The number of cyclic esters (lactones) is 1. The molecule has 0 spiro atoms. The fourth-order valence-corrected chi connectivity index (χ4v) is 4.75. The molecule has 0 fully saturated rings. The smallest absolute Gasteiger partial charge is 0.309 e. The van der Waals surface area contributed by atoms with Crippen LogP contribution in [0, 0.1) is 24.2 Å². The van der Waals surface area contributed by atoms with Crippen molar-refractivity contribution in [2.75, 3.05) is 0 Å². The second-order valence-electron chi connectivity index (χ2n) is 9.86. The minimum absolute atomic E-state index is 0.0392. The standard InChI is InChI=1S/C26H39NO5S/c1-16-11-9-7-8-10-12-21(17(2)13-20-15-33-19(4)27-20)32-23(29)14-22(28)26(5,6)25(31)18(3)24(16)30/h8,10,13,15-16,18,21-22,24,28,30H,7,9,11-12,14H2,1-6H3/b10-8-,17-13+/t16-,18+,21-,22+,24-/m0/s1. The van der Waals surface area contributed by atoms with Crippen LogP contribution in [-0.4, -0.2) is 45.3 Å². The van der Waals surface area contributed by atoms with Crippen molar-refractivity contribution in [2.45, 2.75) is 92.0 Å². The van der Waals surface area contributed by atoms with Gasteiger partial charge in [-0.15, -0.1) is 11.3 Å². The van der Waals surface area contributed by atoms with E-state index in [1.165, 1.54) is 0 Å². The summed E-state index contributed by atoms with van der Waals surface area (Å²) in [5.74, 6) is -1.48. The Morgan fingerprint density at radius 3 is 2.58 bits per heavy atom. The second kappa shape index (κ2) is 12.0. The molecule has 1 aromatic rings. The van der Waals surface area contributed by atoms with Crippen LogP contribution in [0.25, 0.3) is 6.08 Å². The van der Waals surface area contributed by atoms with Gasteiger partial charge in [0.15, 0.2) is 0 Å². The third kappa shape index (κ3) is 7.59. The SMILES string of the molecule is C/C(=C\c1csc(C)n1)[C@@H]1C/C=C\CCC[C@H](C)[C@H](O)[C@@H](C)C(=O)C(C)(C)[C@H](O)CC(=O)O1. The number of ether oxygens (including phenoxy) is 1. The maximum atomic E-state index is 13.1. The zero-order valence-electron chi connectivity index (χ0n) is 20.7. The van der Waals surface area contributed by atoms with E-state index in [1.54, 1.807) is 32.1 Å². The molecule has 184 valence electrons. The lowest BCUT2D eigenvalue weighted by Crippen LogP contribution is -2.45. The lowest BCUT2D eigenvalue weighted by atomic mass is 9.73. The predicted molar refractivity (Wildman–Crippen MR) is 132 cm³/mol. The summed E-state index contributed by atoms with van der Waals surface area (Å²) in [5.41, 5.74) is 0.513. The van der Waals surface area contributed by atoms with Crippen molar-refractivity contribution in [3.05, 3.63) is 33.8 Å². The predicted octanol–water partition coefficient (Wildman–Crippen LogP) is 4.88. The van der Waals surface area contributed by atoms with Gasteiger partial charge in [-0.25, -0.2) is 4.98 Å². The van der Waals surface area contributed by atoms with Crippen LogP contribution in [0.1, 0.15) is 77.4 Å². The van der Waals surface area contributed by atoms with Gasteiger partial charge in [-0.1, -0.05) is 39.8 Å². The third-order valence-corrected chi connectivity index (χ3v) is 7.47. The molecule has 1 aromatic heterocycles. The highest BCUT2D eigenvalue weighted by molar-refractivity contribution is 7.09. The maximum absolute atomic E-state index is 13.1. The number of aromatic nitrogens is 1. The number of carbonyl (C=O) groups excluding carboxylic acids is 2. The molecule has 0 radical (unpaired) electrons. The van der Waals surface area contributed by atoms with Gasteiger partial charge in [0, 0.05) is 17.7 Å². The van der Waals surface area contributed by atoms with E-state index in [9.17, 15) is 19.8 Å². The van der Waals surface area contributed by atoms with Crippen molar-refractivity contribution >= 4 is 29.2 Å². The zero-order valence-corrected chi connectivity index (χ0v) is 21.5. The fourth-order valence-electron chi connectivity index (χ4n) is 4.18. The number of hydrogen-bond acceptors (Lipinski definition) is 7. The Kier molecular flexibility index (Phi) is 10.0. The minimum atomic E-state index is -1.21. The van der Waals surface area contributed by atoms with Gasteiger partial charge in [-0.2, -0.15) is 0 Å². The highest BCUT2D eigenvalue weighted by Crippen LogP contribution is 2.32. The Morgan fingerprint density at radius 1 is 1.24 bits per heavy atom. The first-order valence-corrected chi connectivity index (χ1v) is 12.7. The summed E-state index contributed by atoms with van der Waals surface area (Å²) in [4.78, 5) is 30.3. The van der Waals surface area contributed by atoms with Crippen molar-refractivity contribution < 1.29 is 24.5 Å². The summed E-state index contributed by atoms with van der Waals surface area (Å²) in [6.07, 6.45) is 6.28. The Morgan fingerprint density at radius 2 is 1.94 bits per heavy atom. The number of aliphatic hydroxyl groups excluding tert-OH is 2. The summed E-state index contributed by atoms with van der Waals surface area (Å²) in [6.45, 7) is 10.8. The largest absolute Gasteiger partial charge is 0.457 e. The van der Waals surface area contributed by atoms with E-state index < -0.39 is 35.6 Å². The number of allylic oxidation sites excluding steroid dienone is 1. The van der Waals surface area contributed by atoms with Gasteiger partial charge in [-0.05, 0) is 50.7 Å². The van der Waals surface area contributed by atoms with E-state index in [0.29, 0.717) is 6.42 Å². The fraction of sp³-hybridized carbons (Fsp3) is 0.654. The number of hydrogen-bond donors (Lipinski definition) is 2. The van der Waals surface area contributed by atoms with Crippen LogP contribution in [0.5, 0.6) is 0 Å². The van der Waals surface area contributed by atoms with E-state index in [-0.39, 0.29) is 18.1 Å². The Labute approximate surface area is 201 Å². The van der Waals surface area contributed by atoms with Crippen molar-refractivity contribution in [1.29, 1.82) is 0 Å². The van der Waals surface area contributed by atoms with Gasteiger partial charge in [0.2, 0.25) is 0 Å². The quantitative estimate of drug-likeness (QED) is 0.466. The highest BCUT2D eigenvalue weighted by atomic mass is 32.1. The van der Waals surface area contributed by atoms with E-state index in [1.807, 2.05) is 38.3 Å². The molecular weight excluding hydrogens is 438 g/mol. The molecule has 2 N–H and O–H groups in total. The molecule has 7 heteroatoms. The van der Waals surface area contributed by atoms with Crippen LogP contribution in [0.4, 0.5) is 0 Å². The number of carbonyl (C=O) groups is 2. The summed E-state index contributed by atoms with van der Waals surface area (Å²) >= 11 is 1.56. The zero-order chi connectivity index (χ0) is 24.8. The lowest BCUT2D eigenvalue weighted by Gasteiger charge is -2.34.